The van der Waals surface area contributed by atoms with E-state index >= 15 is 0 Å². The second-order valence-electron chi connectivity index (χ2n) is 5.28. The van der Waals surface area contributed by atoms with Crippen LogP contribution in [0.2, 0.25) is 0 Å². The molecule has 0 spiro atoms. The van der Waals surface area contributed by atoms with Crippen molar-refractivity contribution in [3.8, 4) is 0 Å². The summed E-state index contributed by atoms with van der Waals surface area (Å²) in [4.78, 5) is 13.3. The van der Waals surface area contributed by atoms with Crippen LogP contribution < -0.4 is 5.73 Å². The molecule has 1 amide bonds. The summed E-state index contributed by atoms with van der Waals surface area (Å²) in [6.07, 6.45) is -3.95. The first-order valence-corrected chi connectivity index (χ1v) is 6.73. The van der Waals surface area contributed by atoms with Crippen LogP contribution in [0.25, 0.3) is 0 Å². The van der Waals surface area contributed by atoms with Crippen molar-refractivity contribution < 1.29 is 27.4 Å². The molecule has 0 aromatic carbocycles. The van der Waals surface area contributed by atoms with Crippen molar-refractivity contribution in [2.24, 2.45) is 5.73 Å². The van der Waals surface area contributed by atoms with Gasteiger partial charge in [0.05, 0.1) is 18.8 Å². The van der Waals surface area contributed by atoms with Gasteiger partial charge in [-0.05, 0) is 6.42 Å². The molecule has 2 fully saturated rings. The Kier molecular flexibility index (Phi) is 4.87. The SMILES string of the molecule is NC1CCN(CCO[C@H]2C[C@@H](OC(F)(F)F)C2)C(=O)C1. The minimum Gasteiger partial charge on any atom is -0.376 e. The maximum Gasteiger partial charge on any atom is 0.522 e. The van der Waals surface area contributed by atoms with E-state index in [1.807, 2.05) is 0 Å². The number of nitrogens with zero attached hydrogens (tertiary/aromatic N) is 1. The molecule has 1 heterocycles. The fourth-order valence-corrected chi connectivity index (χ4v) is 2.41. The third-order valence-corrected chi connectivity index (χ3v) is 3.63. The molecule has 0 aromatic heterocycles. The molecule has 5 nitrogen and oxygen atoms in total. The van der Waals surface area contributed by atoms with Crippen LogP contribution in [0.5, 0.6) is 0 Å². The van der Waals surface area contributed by atoms with Crippen molar-refractivity contribution in [3.05, 3.63) is 0 Å². The molecule has 1 unspecified atom stereocenters. The van der Waals surface area contributed by atoms with Gasteiger partial charge in [0.1, 0.15) is 0 Å². The Morgan fingerprint density at radius 1 is 1.30 bits per heavy atom. The van der Waals surface area contributed by atoms with Crippen molar-refractivity contribution >= 4 is 5.91 Å². The van der Waals surface area contributed by atoms with Crippen molar-refractivity contribution in [1.82, 2.24) is 4.90 Å². The molecule has 1 atom stereocenters. The average Bonchev–Trinajstić information content (AvgIpc) is 2.26. The summed E-state index contributed by atoms with van der Waals surface area (Å²) >= 11 is 0. The van der Waals surface area contributed by atoms with Crippen molar-refractivity contribution in [2.75, 3.05) is 19.7 Å². The van der Waals surface area contributed by atoms with Gasteiger partial charge in [0, 0.05) is 38.4 Å². The minimum absolute atomic E-state index is 0.0132. The van der Waals surface area contributed by atoms with Crippen molar-refractivity contribution in [3.63, 3.8) is 0 Å². The van der Waals surface area contributed by atoms with Crippen LogP contribution in [-0.4, -0.2) is 55.1 Å². The number of hydrogen-bond acceptors (Lipinski definition) is 4. The number of piperidine rings is 1. The molecule has 116 valence electrons. The van der Waals surface area contributed by atoms with E-state index in [9.17, 15) is 18.0 Å². The number of alkyl halides is 3. The lowest BCUT2D eigenvalue weighted by atomic mass is 9.92. The molecule has 8 heteroatoms. The van der Waals surface area contributed by atoms with Gasteiger partial charge in [-0.1, -0.05) is 0 Å². The van der Waals surface area contributed by atoms with E-state index in [0.29, 0.717) is 26.1 Å². The molecule has 2 rings (SSSR count). The number of carbonyl (C=O) groups excluding carboxylic acids is 1. The third-order valence-electron chi connectivity index (χ3n) is 3.63. The number of amides is 1. The number of carbonyl (C=O) groups is 1. The topological polar surface area (TPSA) is 64.8 Å². The van der Waals surface area contributed by atoms with Crippen LogP contribution >= 0.6 is 0 Å². The second-order valence-corrected chi connectivity index (χ2v) is 5.28. The Balaban J connectivity index is 1.56. The van der Waals surface area contributed by atoms with Gasteiger partial charge in [0.2, 0.25) is 5.91 Å². The molecule has 1 aliphatic heterocycles. The summed E-state index contributed by atoms with van der Waals surface area (Å²) in [5.41, 5.74) is 5.68. The lowest BCUT2D eigenvalue weighted by Gasteiger charge is -2.36. The second kappa shape index (κ2) is 6.28. The molecule has 1 saturated carbocycles. The molecule has 2 N–H and O–H groups in total. The lowest BCUT2D eigenvalue weighted by Crippen LogP contribution is -2.46. The van der Waals surface area contributed by atoms with E-state index in [4.69, 9.17) is 10.5 Å². The van der Waals surface area contributed by atoms with E-state index in [0.717, 1.165) is 6.42 Å². The molecule has 0 bridgehead atoms. The van der Waals surface area contributed by atoms with Gasteiger partial charge in [-0.25, -0.2) is 0 Å². The number of halogens is 3. The Bertz CT molecular complexity index is 345. The third kappa shape index (κ3) is 4.60. The minimum atomic E-state index is -4.57. The Morgan fingerprint density at radius 3 is 2.60 bits per heavy atom. The van der Waals surface area contributed by atoms with Crippen molar-refractivity contribution in [1.29, 1.82) is 0 Å². The first-order valence-electron chi connectivity index (χ1n) is 6.73. The lowest BCUT2D eigenvalue weighted by molar-refractivity contribution is -0.357. The first kappa shape index (κ1) is 15.5. The molecular weight excluding hydrogens is 277 g/mol. The zero-order valence-electron chi connectivity index (χ0n) is 11.1. The number of likely N-dealkylation sites (tertiary alicyclic amines) is 1. The normalized spacial score (nSPS) is 31.3. The summed E-state index contributed by atoms with van der Waals surface area (Å²) in [5.74, 6) is 0.0132. The van der Waals surface area contributed by atoms with E-state index in [2.05, 4.69) is 4.74 Å². The van der Waals surface area contributed by atoms with Crippen LogP contribution in [0.4, 0.5) is 13.2 Å². The fourth-order valence-electron chi connectivity index (χ4n) is 2.41. The predicted molar refractivity (Wildman–Crippen MR) is 63.7 cm³/mol. The summed E-state index contributed by atoms with van der Waals surface area (Å²) < 4.78 is 45.0. The Morgan fingerprint density at radius 2 is 2.00 bits per heavy atom. The van der Waals surface area contributed by atoms with Gasteiger partial charge in [-0.15, -0.1) is 13.2 Å². The van der Waals surface area contributed by atoms with Crippen LogP contribution in [0.1, 0.15) is 25.7 Å². The van der Waals surface area contributed by atoms with Crippen LogP contribution in [0.3, 0.4) is 0 Å². The van der Waals surface area contributed by atoms with E-state index in [-0.39, 0.29) is 30.9 Å². The zero-order valence-corrected chi connectivity index (χ0v) is 11.1. The fraction of sp³-hybridized carbons (Fsp3) is 0.917. The number of nitrogens with two attached hydrogens (primary N) is 1. The molecule has 0 aromatic rings. The highest BCUT2D eigenvalue weighted by Gasteiger charge is 2.40. The predicted octanol–water partition coefficient (Wildman–Crippen LogP) is 1.02. The largest absolute Gasteiger partial charge is 0.522 e. The van der Waals surface area contributed by atoms with Crippen LogP contribution in [0.15, 0.2) is 0 Å². The van der Waals surface area contributed by atoms with Crippen molar-refractivity contribution in [2.45, 2.75) is 50.3 Å². The summed E-state index contributed by atoms with van der Waals surface area (Å²) in [7, 11) is 0. The Hall–Kier alpha value is -0.860. The van der Waals surface area contributed by atoms with E-state index in [1.54, 1.807) is 4.90 Å². The highest BCUT2D eigenvalue weighted by atomic mass is 19.4. The van der Waals surface area contributed by atoms with Gasteiger partial charge in [-0.3, -0.25) is 9.53 Å². The number of ether oxygens (including phenoxy) is 2. The number of hydrogen-bond donors (Lipinski definition) is 1. The van der Waals surface area contributed by atoms with Gasteiger partial charge in [-0.2, -0.15) is 0 Å². The molecule has 1 saturated heterocycles. The van der Waals surface area contributed by atoms with Gasteiger partial charge in [0.15, 0.2) is 0 Å². The van der Waals surface area contributed by atoms with E-state index in [1.165, 1.54) is 0 Å². The van der Waals surface area contributed by atoms with Gasteiger partial charge >= 0.3 is 6.36 Å². The molecule has 20 heavy (non-hydrogen) atoms. The maximum atomic E-state index is 11.9. The standard InChI is InChI=1S/C12H19F3N2O3/c13-12(14,15)20-10-6-9(7-10)19-4-3-17-2-1-8(16)5-11(17)18/h8-10H,1-7,16H2/t8?,9-,10+. The highest BCUT2D eigenvalue weighted by molar-refractivity contribution is 5.77. The Labute approximate surface area is 115 Å². The first-order chi connectivity index (χ1) is 9.33. The summed E-state index contributed by atoms with van der Waals surface area (Å²) in [6, 6.07) is -0.0634. The zero-order chi connectivity index (χ0) is 14.8. The average molecular weight is 296 g/mol. The summed E-state index contributed by atoms with van der Waals surface area (Å²) in [6.45, 7) is 1.42. The molecular formula is C12H19F3N2O3. The summed E-state index contributed by atoms with van der Waals surface area (Å²) in [5, 5.41) is 0. The molecule has 2 aliphatic rings. The number of rotatable bonds is 5. The quantitative estimate of drug-likeness (QED) is 0.822. The van der Waals surface area contributed by atoms with Crippen LogP contribution in [-0.2, 0) is 14.3 Å². The van der Waals surface area contributed by atoms with E-state index < -0.39 is 12.5 Å². The highest BCUT2D eigenvalue weighted by Crippen LogP contribution is 2.32. The van der Waals surface area contributed by atoms with Gasteiger partial charge in [0.25, 0.3) is 0 Å². The molecule has 1 aliphatic carbocycles. The van der Waals surface area contributed by atoms with Gasteiger partial charge < -0.3 is 15.4 Å². The smallest absolute Gasteiger partial charge is 0.376 e. The molecule has 0 radical (unpaired) electrons. The maximum absolute atomic E-state index is 11.9. The van der Waals surface area contributed by atoms with Crippen LogP contribution in [0, 0.1) is 0 Å². The monoisotopic (exact) mass is 296 g/mol.